The van der Waals surface area contributed by atoms with Crippen LogP contribution in [-0.4, -0.2) is 55.2 Å². The summed E-state index contributed by atoms with van der Waals surface area (Å²) in [7, 11) is 9.71. The molecule has 42 heavy (non-hydrogen) atoms. The maximum absolute atomic E-state index is 4.26. The van der Waals surface area contributed by atoms with Crippen LogP contribution >= 0.6 is 0 Å². The second kappa shape index (κ2) is 18.8. The Kier molecular flexibility index (Phi) is 17.2. The van der Waals surface area contributed by atoms with Crippen molar-refractivity contribution >= 4 is 5.69 Å². The van der Waals surface area contributed by atoms with Gasteiger partial charge in [-0.2, -0.15) is 0 Å². The SMILES string of the molecule is CNc1ccnc(-c2ccccn2)c1.Cn1ccnc1-c1nccn1C.Cn1ccnc1-c1nccn1C.[Cl-].[Cl-].[Cl-].[Os]. The molecule has 0 aromatic carbocycles. The first-order valence-electron chi connectivity index (χ1n) is 11.9. The van der Waals surface area contributed by atoms with Crippen LogP contribution in [0, 0.1) is 0 Å². The van der Waals surface area contributed by atoms with E-state index in [2.05, 4.69) is 35.2 Å². The Morgan fingerprint density at radius 2 is 0.905 bits per heavy atom. The van der Waals surface area contributed by atoms with Gasteiger partial charge in [-0.1, -0.05) is 6.07 Å². The van der Waals surface area contributed by atoms with Crippen molar-refractivity contribution in [2.75, 3.05) is 12.4 Å². The summed E-state index contributed by atoms with van der Waals surface area (Å²) in [4.78, 5) is 25.3. The Morgan fingerprint density at radius 3 is 1.21 bits per heavy atom. The number of halogens is 3. The number of imidazole rings is 4. The largest absolute Gasteiger partial charge is 1.00 e. The molecule has 15 heteroatoms. The maximum Gasteiger partial charge on any atom is 0.176 e. The standard InChI is InChI=1S/C11H11N3.2C8H10N4.3ClH.Os/c1-12-9-5-7-14-11(8-9)10-4-2-3-6-13-10;2*1-11-5-3-9-7(11)8-10-4-6-12(8)2;;;;/h2-8H,1H3,(H,12,14);2*3-6H,1-2H3;3*1H;/p-3. The Morgan fingerprint density at radius 1 is 0.500 bits per heavy atom. The van der Waals surface area contributed by atoms with Gasteiger partial charge in [-0.25, -0.2) is 19.9 Å². The van der Waals surface area contributed by atoms with Gasteiger partial charge in [0.1, 0.15) is 0 Å². The fraction of sp³-hybridized carbons (Fsp3) is 0.185. The first-order valence-corrected chi connectivity index (χ1v) is 11.9. The van der Waals surface area contributed by atoms with E-state index in [4.69, 9.17) is 0 Å². The van der Waals surface area contributed by atoms with E-state index in [1.807, 2.05) is 109 Å². The molecule has 0 radical (unpaired) electrons. The minimum absolute atomic E-state index is 0. The van der Waals surface area contributed by atoms with E-state index in [0.717, 1.165) is 40.4 Å². The molecule has 11 nitrogen and oxygen atoms in total. The molecular formula is C27H31Cl3N11Os-3. The zero-order valence-corrected chi connectivity index (χ0v) is 28.4. The number of rotatable bonds is 4. The third kappa shape index (κ3) is 9.77. The molecule has 0 fully saturated rings. The van der Waals surface area contributed by atoms with Gasteiger partial charge in [0.25, 0.3) is 0 Å². The van der Waals surface area contributed by atoms with Crippen LogP contribution in [0.4, 0.5) is 5.69 Å². The van der Waals surface area contributed by atoms with Crippen LogP contribution in [0.2, 0.25) is 0 Å². The molecule has 226 valence electrons. The third-order valence-corrected chi connectivity index (χ3v) is 5.66. The van der Waals surface area contributed by atoms with Gasteiger partial charge in [-0.05, 0) is 24.3 Å². The summed E-state index contributed by atoms with van der Waals surface area (Å²) in [5.74, 6) is 3.56. The van der Waals surface area contributed by atoms with Crippen LogP contribution in [-0.2, 0) is 48.0 Å². The molecule has 6 rings (SSSR count). The van der Waals surface area contributed by atoms with Gasteiger partial charge >= 0.3 is 0 Å². The third-order valence-electron chi connectivity index (χ3n) is 5.66. The average Bonchev–Trinajstić information content (AvgIpc) is 3.75. The summed E-state index contributed by atoms with van der Waals surface area (Å²) in [6.45, 7) is 0. The fourth-order valence-corrected chi connectivity index (χ4v) is 3.56. The number of anilines is 1. The van der Waals surface area contributed by atoms with Crippen molar-refractivity contribution in [2.24, 2.45) is 28.2 Å². The fourth-order valence-electron chi connectivity index (χ4n) is 3.56. The van der Waals surface area contributed by atoms with E-state index in [0.29, 0.717) is 0 Å². The smallest absolute Gasteiger partial charge is 0.176 e. The van der Waals surface area contributed by atoms with Crippen molar-refractivity contribution in [2.45, 2.75) is 0 Å². The molecule has 0 aliphatic carbocycles. The van der Waals surface area contributed by atoms with E-state index in [-0.39, 0.29) is 57.0 Å². The number of pyridine rings is 2. The van der Waals surface area contributed by atoms with Gasteiger partial charge in [0.2, 0.25) is 0 Å². The van der Waals surface area contributed by atoms with Gasteiger partial charge in [0.05, 0.1) is 11.4 Å². The van der Waals surface area contributed by atoms with Crippen molar-refractivity contribution in [1.29, 1.82) is 0 Å². The molecule has 0 atom stereocenters. The average molecular weight is 806 g/mol. The van der Waals surface area contributed by atoms with E-state index in [9.17, 15) is 0 Å². The predicted molar refractivity (Wildman–Crippen MR) is 148 cm³/mol. The van der Waals surface area contributed by atoms with Gasteiger partial charge in [0, 0.05) is 123 Å². The number of aryl methyl sites for hydroxylation is 4. The van der Waals surface area contributed by atoms with Crippen LogP contribution in [0.3, 0.4) is 0 Å². The quantitative estimate of drug-likeness (QED) is 0.190. The zero-order chi connectivity index (χ0) is 26.9. The molecule has 0 aliphatic rings. The van der Waals surface area contributed by atoms with Crippen molar-refractivity contribution in [3.8, 4) is 34.7 Å². The number of nitrogens with zero attached hydrogens (tertiary/aromatic N) is 10. The Labute approximate surface area is 277 Å². The van der Waals surface area contributed by atoms with Crippen LogP contribution in [0.5, 0.6) is 0 Å². The first kappa shape index (κ1) is 38.4. The monoisotopic (exact) mass is 806 g/mol. The summed E-state index contributed by atoms with van der Waals surface area (Å²) < 4.78 is 7.79. The molecule has 0 unspecified atom stereocenters. The minimum atomic E-state index is 0. The Hall–Kier alpha value is -3.55. The summed E-state index contributed by atoms with van der Waals surface area (Å²) in [5, 5.41) is 3.07. The summed E-state index contributed by atoms with van der Waals surface area (Å²) in [5.41, 5.74) is 2.82. The summed E-state index contributed by atoms with van der Waals surface area (Å²) >= 11 is 0. The first-order chi connectivity index (χ1) is 18.5. The van der Waals surface area contributed by atoms with E-state index in [1.165, 1.54) is 0 Å². The molecule has 6 aromatic rings. The van der Waals surface area contributed by atoms with Crippen molar-refractivity contribution in [3.63, 3.8) is 0 Å². The number of aromatic nitrogens is 10. The van der Waals surface area contributed by atoms with E-state index in [1.54, 1.807) is 37.2 Å². The predicted octanol–water partition coefficient (Wildman–Crippen LogP) is -5.16. The topological polar surface area (TPSA) is 109 Å². The molecule has 0 amide bonds. The molecule has 0 saturated heterocycles. The summed E-state index contributed by atoms with van der Waals surface area (Å²) in [6.07, 6.45) is 18.2. The van der Waals surface area contributed by atoms with Crippen molar-refractivity contribution in [3.05, 3.63) is 92.3 Å². The van der Waals surface area contributed by atoms with E-state index >= 15 is 0 Å². The van der Waals surface area contributed by atoms with Gasteiger partial charge in [-0.15, -0.1) is 0 Å². The van der Waals surface area contributed by atoms with Crippen LogP contribution in [0.15, 0.2) is 92.3 Å². The van der Waals surface area contributed by atoms with Crippen molar-refractivity contribution in [1.82, 2.24) is 48.2 Å². The normalized spacial score (nSPS) is 9.26. The van der Waals surface area contributed by atoms with Gasteiger partial charge in [0.15, 0.2) is 23.3 Å². The van der Waals surface area contributed by atoms with Crippen molar-refractivity contribution < 1.29 is 57.0 Å². The number of hydrogen-bond acceptors (Lipinski definition) is 7. The second-order valence-corrected chi connectivity index (χ2v) is 8.34. The van der Waals surface area contributed by atoms with Crippen LogP contribution in [0.25, 0.3) is 34.7 Å². The Balaban J connectivity index is 0.000000575. The van der Waals surface area contributed by atoms with Crippen LogP contribution < -0.4 is 42.5 Å². The molecular weight excluding hydrogens is 775 g/mol. The maximum atomic E-state index is 4.26. The van der Waals surface area contributed by atoms with Gasteiger partial charge < -0.3 is 60.8 Å². The molecule has 1 N–H and O–H groups in total. The van der Waals surface area contributed by atoms with Crippen LogP contribution in [0.1, 0.15) is 0 Å². The molecule has 0 spiro atoms. The molecule has 0 bridgehead atoms. The molecule has 0 saturated carbocycles. The minimum Gasteiger partial charge on any atom is -1.00 e. The number of hydrogen-bond donors (Lipinski definition) is 1. The van der Waals surface area contributed by atoms with E-state index < -0.39 is 0 Å². The van der Waals surface area contributed by atoms with Gasteiger partial charge in [-0.3, -0.25) is 9.97 Å². The Bertz CT molecular complexity index is 1430. The number of nitrogens with one attached hydrogen (secondary N) is 1. The molecule has 6 aromatic heterocycles. The second-order valence-electron chi connectivity index (χ2n) is 8.34. The molecule has 6 heterocycles. The molecule has 0 aliphatic heterocycles. The zero-order valence-electron chi connectivity index (χ0n) is 23.6. The summed E-state index contributed by atoms with van der Waals surface area (Å²) in [6, 6.07) is 9.69.